The predicted molar refractivity (Wildman–Crippen MR) is 74.8 cm³/mol. The third-order valence-electron chi connectivity index (χ3n) is 2.95. The SMILES string of the molecule is CCCN1CCCCc2ccccc21.COC. The van der Waals surface area contributed by atoms with Crippen LogP contribution in [0.5, 0.6) is 0 Å². The second-order valence-corrected chi connectivity index (χ2v) is 4.48. The molecule has 0 atom stereocenters. The summed E-state index contributed by atoms with van der Waals surface area (Å²) >= 11 is 0. The first-order valence-electron chi connectivity index (χ1n) is 6.56. The summed E-state index contributed by atoms with van der Waals surface area (Å²) in [4.78, 5) is 2.54. The van der Waals surface area contributed by atoms with Crippen LogP contribution in [0, 0.1) is 0 Å². The van der Waals surface area contributed by atoms with E-state index in [9.17, 15) is 0 Å². The highest BCUT2D eigenvalue weighted by Crippen LogP contribution is 2.25. The van der Waals surface area contributed by atoms with Gasteiger partial charge in [0.1, 0.15) is 0 Å². The number of aryl methyl sites for hydroxylation is 1. The van der Waals surface area contributed by atoms with E-state index in [1.165, 1.54) is 44.5 Å². The van der Waals surface area contributed by atoms with Crippen LogP contribution in [0.4, 0.5) is 5.69 Å². The Morgan fingerprint density at radius 1 is 1.18 bits per heavy atom. The fourth-order valence-corrected chi connectivity index (χ4v) is 2.27. The largest absolute Gasteiger partial charge is 0.388 e. The molecule has 96 valence electrons. The number of hydrogen-bond donors (Lipinski definition) is 0. The van der Waals surface area contributed by atoms with Gasteiger partial charge in [-0.15, -0.1) is 0 Å². The fourth-order valence-electron chi connectivity index (χ4n) is 2.27. The van der Waals surface area contributed by atoms with Gasteiger partial charge in [0, 0.05) is 33.0 Å². The molecule has 2 heteroatoms. The first kappa shape index (κ1) is 14.0. The Labute approximate surface area is 106 Å². The van der Waals surface area contributed by atoms with E-state index in [0.717, 1.165) is 0 Å². The van der Waals surface area contributed by atoms with Crippen LogP contribution in [0.25, 0.3) is 0 Å². The van der Waals surface area contributed by atoms with Crippen molar-refractivity contribution in [2.75, 3.05) is 32.2 Å². The third kappa shape index (κ3) is 4.39. The Hall–Kier alpha value is -1.02. The lowest BCUT2D eigenvalue weighted by Crippen LogP contribution is -2.24. The van der Waals surface area contributed by atoms with Gasteiger partial charge in [0.15, 0.2) is 0 Å². The number of benzene rings is 1. The van der Waals surface area contributed by atoms with Crippen LogP contribution in [-0.4, -0.2) is 27.3 Å². The highest BCUT2D eigenvalue weighted by Gasteiger charge is 2.12. The molecule has 17 heavy (non-hydrogen) atoms. The number of rotatable bonds is 2. The van der Waals surface area contributed by atoms with Gasteiger partial charge in [-0.25, -0.2) is 0 Å². The van der Waals surface area contributed by atoms with Gasteiger partial charge in [0.05, 0.1) is 0 Å². The summed E-state index contributed by atoms with van der Waals surface area (Å²) in [6, 6.07) is 8.88. The van der Waals surface area contributed by atoms with Crippen LogP contribution in [-0.2, 0) is 11.2 Å². The van der Waals surface area contributed by atoms with Crippen molar-refractivity contribution in [3.8, 4) is 0 Å². The smallest absolute Gasteiger partial charge is 0.0398 e. The van der Waals surface area contributed by atoms with Crippen LogP contribution in [0.1, 0.15) is 31.7 Å². The van der Waals surface area contributed by atoms with Crippen LogP contribution in [0.15, 0.2) is 24.3 Å². The van der Waals surface area contributed by atoms with Gasteiger partial charge in [-0.1, -0.05) is 25.1 Å². The standard InChI is InChI=1S/C13H19N.C2H6O/c1-2-10-14-11-6-5-8-12-7-3-4-9-13(12)14;1-3-2/h3-4,7,9H,2,5-6,8,10-11H2,1H3;1-2H3. The average molecular weight is 235 g/mol. The summed E-state index contributed by atoms with van der Waals surface area (Å²) in [6.07, 6.45) is 5.19. The van der Waals surface area contributed by atoms with E-state index >= 15 is 0 Å². The Balaban J connectivity index is 0.000000437. The molecule has 1 aliphatic heterocycles. The number of anilines is 1. The Morgan fingerprint density at radius 2 is 1.88 bits per heavy atom. The highest BCUT2D eigenvalue weighted by molar-refractivity contribution is 5.54. The molecule has 0 aromatic heterocycles. The molecule has 0 spiro atoms. The van der Waals surface area contributed by atoms with E-state index in [1.54, 1.807) is 19.8 Å². The Bertz CT molecular complexity index is 312. The summed E-state index contributed by atoms with van der Waals surface area (Å²) in [5.41, 5.74) is 3.02. The second-order valence-electron chi connectivity index (χ2n) is 4.48. The van der Waals surface area contributed by atoms with Crippen molar-refractivity contribution in [1.82, 2.24) is 0 Å². The Morgan fingerprint density at radius 3 is 2.59 bits per heavy atom. The topological polar surface area (TPSA) is 12.5 Å². The molecule has 1 aliphatic rings. The van der Waals surface area contributed by atoms with Crippen LogP contribution in [0.3, 0.4) is 0 Å². The normalized spacial score (nSPS) is 14.4. The quantitative estimate of drug-likeness (QED) is 0.778. The molecule has 1 aromatic carbocycles. The molecule has 0 N–H and O–H groups in total. The van der Waals surface area contributed by atoms with E-state index in [2.05, 4.69) is 40.8 Å². The van der Waals surface area contributed by atoms with E-state index in [0.29, 0.717) is 0 Å². The van der Waals surface area contributed by atoms with Gasteiger partial charge in [0.25, 0.3) is 0 Å². The van der Waals surface area contributed by atoms with Gasteiger partial charge in [-0.05, 0) is 37.3 Å². The summed E-state index contributed by atoms with van der Waals surface area (Å²) < 4.78 is 4.25. The van der Waals surface area contributed by atoms with Crippen LogP contribution >= 0.6 is 0 Å². The molecule has 0 radical (unpaired) electrons. The van der Waals surface area contributed by atoms with E-state index < -0.39 is 0 Å². The molecule has 0 saturated carbocycles. The Kier molecular flexibility index (Phi) is 6.71. The minimum absolute atomic E-state index is 1.21. The van der Waals surface area contributed by atoms with Crippen molar-refractivity contribution in [2.45, 2.75) is 32.6 Å². The first-order valence-corrected chi connectivity index (χ1v) is 6.56. The minimum Gasteiger partial charge on any atom is -0.388 e. The van der Waals surface area contributed by atoms with E-state index in [1.807, 2.05) is 0 Å². The van der Waals surface area contributed by atoms with Crippen molar-refractivity contribution >= 4 is 5.69 Å². The van der Waals surface area contributed by atoms with Gasteiger partial charge in [0.2, 0.25) is 0 Å². The monoisotopic (exact) mass is 235 g/mol. The molecule has 0 amide bonds. The van der Waals surface area contributed by atoms with Crippen molar-refractivity contribution in [3.05, 3.63) is 29.8 Å². The van der Waals surface area contributed by atoms with Crippen molar-refractivity contribution in [2.24, 2.45) is 0 Å². The number of nitrogens with zero attached hydrogens (tertiary/aromatic N) is 1. The maximum Gasteiger partial charge on any atom is 0.0398 e. The first-order chi connectivity index (χ1) is 8.33. The molecule has 1 heterocycles. The zero-order chi connectivity index (χ0) is 12.5. The summed E-state index contributed by atoms with van der Waals surface area (Å²) in [7, 11) is 3.25. The number of hydrogen-bond acceptors (Lipinski definition) is 2. The zero-order valence-corrected chi connectivity index (χ0v) is 11.4. The molecule has 2 rings (SSSR count). The van der Waals surface area contributed by atoms with Gasteiger partial charge in [-0.3, -0.25) is 0 Å². The van der Waals surface area contributed by atoms with E-state index in [-0.39, 0.29) is 0 Å². The maximum absolute atomic E-state index is 4.25. The molecular weight excluding hydrogens is 210 g/mol. The number of ether oxygens (including phenoxy) is 1. The maximum atomic E-state index is 4.25. The van der Waals surface area contributed by atoms with Gasteiger partial charge >= 0.3 is 0 Å². The summed E-state index contributed by atoms with van der Waals surface area (Å²) in [6.45, 7) is 4.70. The predicted octanol–water partition coefficient (Wildman–Crippen LogP) is 3.50. The molecule has 1 aromatic rings. The molecule has 0 saturated heterocycles. The lowest BCUT2D eigenvalue weighted by atomic mass is 10.1. The van der Waals surface area contributed by atoms with Crippen LogP contribution < -0.4 is 4.90 Å². The number of methoxy groups -OCH3 is 1. The average Bonchev–Trinajstić information content (AvgIpc) is 2.54. The zero-order valence-electron chi connectivity index (χ0n) is 11.4. The lowest BCUT2D eigenvalue weighted by molar-refractivity contribution is 0.277. The van der Waals surface area contributed by atoms with E-state index in [4.69, 9.17) is 0 Å². The highest BCUT2D eigenvalue weighted by atomic mass is 16.4. The molecular formula is C15H25NO. The fraction of sp³-hybridized carbons (Fsp3) is 0.600. The van der Waals surface area contributed by atoms with Gasteiger partial charge < -0.3 is 9.64 Å². The van der Waals surface area contributed by atoms with Crippen molar-refractivity contribution in [3.63, 3.8) is 0 Å². The lowest BCUT2D eigenvalue weighted by Gasteiger charge is -2.24. The second kappa shape index (κ2) is 8.13. The van der Waals surface area contributed by atoms with Crippen molar-refractivity contribution < 1.29 is 4.74 Å². The summed E-state index contributed by atoms with van der Waals surface area (Å²) in [5.74, 6) is 0. The molecule has 0 aliphatic carbocycles. The molecule has 0 unspecified atom stereocenters. The minimum atomic E-state index is 1.21. The third-order valence-corrected chi connectivity index (χ3v) is 2.95. The van der Waals surface area contributed by atoms with Crippen molar-refractivity contribution in [1.29, 1.82) is 0 Å². The van der Waals surface area contributed by atoms with Crippen LogP contribution in [0.2, 0.25) is 0 Å². The molecule has 0 bridgehead atoms. The summed E-state index contributed by atoms with van der Waals surface area (Å²) in [5, 5.41) is 0. The molecule has 0 fully saturated rings. The number of fused-ring (bicyclic) bond motifs is 1. The molecule has 2 nitrogen and oxygen atoms in total. The van der Waals surface area contributed by atoms with Gasteiger partial charge in [-0.2, -0.15) is 0 Å². The number of para-hydroxylation sites is 1.